The molecule has 1 aromatic heterocycles. The van der Waals surface area contributed by atoms with E-state index in [1.807, 2.05) is 0 Å². The van der Waals surface area contributed by atoms with E-state index in [1.165, 1.54) is 35.4 Å². The number of nitrogens with one attached hydrogen (secondary N) is 1. The molecule has 5 rings (SSSR count). The van der Waals surface area contributed by atoms with Crippen LogP contribution < -0.4 is 14.8 Å². The number of ether oxygens (including phenoxy) is 2. The minimum absolute atomic E-state index is 0.0711. The molecule has 2 aliphatic heterocycles. The number of aromatic nitrogens is 1. The summed E-state index contributed by atoms with van der Waals surface area (Å²) in [6, 6.07) is 9.40. The zero-order chi connectivity index (χ0) is 25.4. The Morgan fingerprint density at radius 3 is 2.61 bits per heavy atom. The van der Waals surface area contributed by atoms with E-state index in [0.717, 1.165) is 0 Å². The SMILES string of the molecule is O=C1CCC(N2Cc3c(OCc4ncc(-c5ccc(OC(F)(F)F)cc5)o4)cccc3C2=O)C(=O)N1. The first-order valence-electron chi connectivity index (χ1n) is 10.9. The molecule has 186 valence electrons. The molecular weight excluding hydrogens is 483 g/mol. The van der Waals surface area contributed by atoms with E-state index in [4.69, 9.17) is 9.15 Å². The van der Waals surface area contributed by atoms with Crippen LogP contribution in [-0.4, -0.2) is 40.0 Å². The highest BCUT2D eigenvalue weighted by Gasteiger charge is 2.40. The number of oxazole rings is 1. The molecule has 1 unspecified atom stereocenters. The third-order valence-corrected chi connectivity index (χ3v) is 5.82. The quantitative estimate of drug-likeness (QED) is 0.514. The van der Waals surface area contributed by atoms with Crippen molar-refractivity contribution in [2.24, 2.45) is 0 Å². The number of halogens is 3. The minimum atomic E-state index is -4.78. The Hall–Kier alpha value is -4.35. The number of amides is 3. The minimum Gasteiger partial charge on any atom is -0.483 e. The van der Waals surface area contributed by atoms with Crippen LogP contribution in [0.25, 0.3) is 11.3 Å². The molecule has 3 aromatic rings. The summed E-state index contributed by atoms with van der Waals surface area (Å²) < 4.78 is 52.3. The number of carbonyl (C=O) groups is 3. The molecule has 0 spiro atoms. The number of fused-ring (bicyclic) bond motifs is 1. The molecule has 9 nitrogen and oxygen atoms in total. The average Bonchev–Trinajstić information content (AvgIpc) is 3.43. The fourth-order valence-electron chi connectivity index (χ4n) is 4.16. The molecule has 1 fully saturated rings. The van der Waals surface area contributed by atoms with E-state index in [0.29, 0.717) is 28.2 Å². The second-order valence-electron chi connectivity index (χ2n) is 8.16. The Kier molecular flexibility index (Phi) is 5.86. The summed E-state index contributed by atoms with van der Waals surface area (Å²) in [5.41, 5.74) is 1.51. The van der Waals surface area contributed by atoms with Crippen LogP contribution in [0, 0.1) is 0 Å². The lowest BCUT2D eigenvalue weighted by molar-refractivity contribution is -0.274. The summed E-state index contributed by atoms with van der Waals surface area (Å²) in [6.07, 6.45) is -2.95. The maximum absolute atomic E-state index is 12.9. The van der Waals surface area contributed by atoms with Gasteiger partial charge in [-0.15, -0.1) is 13.2 Å². The Morgan fingerprint density at radius 1 is 1.11 bits per heavy atom. The van der Waals surface area contributed by atoms with Gasteiger partial charge in [-0.2, -0.15) is 0 Å². The highest BCUT2D eigenvalue weighted by Crippen LogP contribution is 2.34. The summed E-state index contributed by atoms with van der Waals surface area (Å²) in [4.78, 5) is 42.2. The van der Waals surface area contributed by atoms with Gasteiger partial charge in [0.1, 0.15) is 17.5 Å². The molecule has 1 saturated heterocycles. The second kappa shape index (κ2) is 9.02. The summed E-state index contributed by atoms with van der Waals surface area (Å²) in [5, 5.41) is 2.26. The van der Waals surface area contributed by atoms with Crippen molar-refractivity contribution in [3.05, 3.63) is 65.7 Å². The van der Waals surface area contributed by atoms with Gasteiger partial charge in [0, 0.05) is 23.1 Å². The molecular formula is C24H18F3N3O6. The van der Waals surface area contributed by atoms with Crippen molar-refractivity contribution < 1.29 is 41.4 Å². The van der Waals surface area contributed by atoms with Crippen molar-refractivity contribution in [2.45, 2.75) is 38.4 Å². The lowest BCUT2D eigenvalue weighted by Crippen LogP contribution is -2.52. The van der Waals surface area contributed by atoms with E-state index < -0.39 is 18.3 Å². The van der Waals surface area contributed by atoms with Gasteiger partial charge >= 0.3 is 6.36 Å². The van der Waals surface area contributed by atoms with Crippen molar-refractivity contribution in [1.82, 2.24) is 15.2 Å². The van der Waals surface area contributed by atoms with Gasteiger partial charge in [-0.05, 0) is 42.8 Å². The van der Waals surface area contributed by atoms with E-state index in [2.05, 4.69) is 15.0 Å². The summed E-state index contributed by atoms with van der Waals surface area (Å²) >= 11 is 0. The predicted molar refractivity (Wildman–Crippen MR) is 115 cm³/mol. The topological polar surface area (TPSA) is 111 Å². The number of hydrogen-bond acceptors (Lipinski definition) is 7. The molecule has 3 amide bonds. The monoisotopic (exact) mass is 501 g/mol. The zero-order valence-electron chi connectivity index (χ0n) is 18.5. The molecule has 0 radical (unpaired) electrons. The lowest BCUT2D eigenvalue weighted by Gasteiger charge is -2.29. The van der Waals surface area contributed by atoms with Crippen LogP contribution in [0.2, 0.25) is 0 Å². The third-order valence-electron chi connectivity index (χ3n) is 5.82. The number of rotatable bonds is 6. The molecule has 3 heterocycles. The molecule has 2 aliphatic rings. The predicted octanol–water partition coefficient (Wildman–Crippen LogP) is 3.58. The molecule has 0 bridgehead atoms. The van der Waals surface area contributed by atoms with Crippen molar-refractivity contribution in [1.29, 1.82) is 0 Å². The normalized spacial score (nSPS) is 17.7. The zero-order valence-corrected chi connectivity index (χ0v) is 18.5. The van der Waals surface area contributed by atoms with Gasteiger partial charge in [-0.1, -0.05) is 6.07 Å². The Bertz CT molecular complexity index is 1340. The van der Waals surface area contributed by atoms with E-state index in [-0.39, 0.29) is 49.4 Å². The van der Waals surface area contributed by atoms with Gasteiger partial charge in [-0.3, -0.25) is 19.7 Å². The van der Waals surface area contributed by atoms with E-state index in [9.17, 15) is 27.6 Å². The van der Waals surface area contributed by atoms with Crippen LogP contribution >= 0.6 is 0 Å². The van der Waals surface area contributed by atoms with Crippen LogP contribution in [0.15, 0.2) is 53.1 Å². The van der Waals surface area contributed by atoms with E-state index in [1.54, 1.807) is 18.2 Å². The van der Waals surface area contributed by atoms with Crippen molar-refractivity contribution in [3.63, 3.8) is 0 Å². The molecule has 0 saturated carbocycles. The number of alkyl halides is 3. The Morgan fingerprint density at radius 2 is 1.89 bits per heavy atom. The van der Waals surface area contributed by atoms with Crippen LogP contribution in [0.1, 0.15) is 34.7 Å². The fraction of sp³-hybridized carbons (Fsp3) is 0.250. The first-order chi connectivity index (χ1) is 17.2. The number of carbonyl (C=O) groups excluding carboxylic acids is 3. The largest absolute Gasteiger partial charge is 0.573 e. The Labute approximate surface area is 201 Å². The van der Waals surface area contributed by atoms with Crippen LogP contribution in [0.4, 0.5) is 13.2 Å². The molecule has 1 N–H and O–H groups in total. The second-order valence-corrected chi connectivity index (χ2v) is 8.16. The average molecular weight is 501 g/mol. The number of piperidine rings is 1. The van der Waals surface area contributed by atoms with Gasteiger partial charge < -0.3 is 18.8 Å². The van der Waals surface area contributed by atoms with Crippen molar-refractivity contribution in [3.8, 4) is 22.8 Å². The summed E-state index contributed by atoms with van der Waals surface area (Å²) in [5.74, 6) is -0.576. The number of imide groups is 1. The van der Waals surface area contributed by atoms with Crippen molar-refractivity contribution >= 4 is 17.7 Å². The van der Waals surface area contributed by atoms with Crippen LogP contribution in [0.3, 0.4) is 0 Å². The van der Waals surface area contributed by atoms with E-state index >= 15 is 0 Å². The highest BCUT2D eigenvalue weighted by molar-refractivity contribution is 6.05. The number of benzene rings is 2. The Balaban J connectivity index is 1.26. The van der Waals surface area contributed by atoms with Gasteiger partial charge in [0.15, 0.2) is 12.4 Å². The molecule has 1 atom stereocenters. The first kappa shape index (κ1) is 23.4. The standard InChI is InChI=1S/C24H18F3N3O6/c25-24(26,27)36-14-6-4-13(5-7-14)19-10-28-21(35-19)12-34-18-3-1-2-15-16(18)11-30(23(15)33)17-8-9-20(31)29-22(17)32/h1-7,10,17H,8-9,11-12H2,(H,29,31,32). The van der Waals surface area contributed by atoms with Crippen LogP contribution in [-0.2, 0) is 22.7 Å². The summed E-state index contributed by atoms with van der Waals surface area (Å²) in [7, 11) is 0. The maximum Gasteiger partial charge on any atom is 0.573 e. The molecule has 0 aliphatic carbocycles. The summed E-state index contributed by atoms with van der Waals surface area (Å²) in [6.45, 7) is 0.0815. The third kappa shape index (κ3) is 4.74. The van der Waals surface area contributed by atoms with Crippen LogP contribution in [0.5, 0.6) is 11.5 Å². The van der Waals surface area contributed by atoms with Gasteiger partial charge in [0.2, 0.25) is 17.7 Å². The number of hydrogen-bond donors (Lipinski definition) is 1. The van der Waals surface area contributed by atoms with Gasteiger partial charge in [0.05, 0.1) is 12.7 Å². The first-order valence-corrected chi connectivity index (χ1v) is 10.9. The fourth-order valence-corrected chi connectivity index (χ4v) is 4.16. The molecule has 12 heteroatoms. The van der Waals surface area contributed by atoms with Gasteiger partial charge in [-0.25, -0.2) is 4.98 Å². The molecule has 36 heavy (non-hydrogen) atoms. The maximum atomic E-state index is 12.9. The van der Waals surface area contributed by atoms with Gasteiger partial charge in [0.25, 0.3) is 5.91 Å². The number of nitrogens with zero attached hydrogens (tertiary/aromatic N) is 2. The smallest absolute Gasteiger partial charge is 0.483 e. The lowest BCUT2D eigenvalue weighted by atomic mass is 10.0. The van der Waals surface area contributed by atoms with Crippen molar-refractivity contribution in [2.75, 3.05) is 0 Å². The highest BCUT2D eigenvalue weighted by atomic mass is 19.4. The molecule has 2 aromatic carbocycles.